The smallest absolute Gasteiger partial charge is 0.253 e. The molecule has 0 radical (unpaired) electrons. The number of rotatable bonds is 4. The normalized spacial score (nSPS) is 21.7. The van der Waals surface area contributed by atoms with Crippen LogP contribution >= 0.6 is 11.6 Å². The Morgan fingerprint density at radius 3 is 2.58 bits per heavy atom. The van der Waals surface area contributed by atoms with Crippen molar-refractivity contribution in [1.29, 1.82) is 0 Å². The summed E-state index contributed by atoms with van der Waals surface area (Å²) < 4.78 is 0. The molecular formula is C21H21ClN2O2. The number of nitrogens with zero attached hydrogens (tertiary/aromatic N) is 2. The molecular weight excluding hydrogens is 348 g/mol. The van der Waals surface area contributed by atoms with Crippen LogP contribution in [-0.2, 0) is 4.79 Å². The van der Waals surface area contributed by atoms with E-state index in [4.69, 9.17) is 11.6 Å². The predicted octanol–water partition coefficient (Wildman–Crippen LogP) is 3.11. The third-order valence-corrected chi connectivity index (χ3v) is 5.59. The Kier molecular flexibility index (Phi) is 4.65. The van der Waals surface area contributed by atoms with Gasteiger partial charge in [-0.3, -0.25) is 4.79 Å². The summed E-state index contributed by atoms with van der Waals surface area (Å²) in [7, 11) is 2.03. The van der Waals surface area contributed by atoms with E-state index in [1.54, 1.807) is 12.1 Å². The van der Waals surface area contributed by atoms with Gasteiger partial charge in [0.05, 0.1) is 17.7 Å². The van der Waals surface area contributed by atoms with Crippen LogP contribution in [0.5, 0.6) is 0 Å². The van der Waals surface area contributed by atoms with Crippen molar-refractivity contribution in [2.24, 2.45) is 10.9 Å². The molecule has 26 heavy (non-hydrogen) atoms. The zero-order valence-corrected chi connectivity index (χ0v) is 15.4. The van der Waals surface area contributed by atoms with Crippen LogP contribution in [0.3, 0.4) is 0 Å². The number of amides is 1. The van der Waals surface area contributed by atoms with Crippen LogP contribution in [-0.4, -0.2) is 47.9 Å². The molecule has 2 heterocycles. The Bertz CT molecular complexity index is 857. The average Bonchev–Trinajstić information content (AvgIpc) is 2.62. The topological polar surface area (TPSA) is 52.9 Å². The van der Waals surface area contributed by atoms with Gasteiger partial charge < -0.3 is 10.0 Å². The Labute approximate surface area is 158 Å². The highest BCUT2D eigenvalue weighted by Crippen LogP contribution is 2.34. The number of carbonyl (C=O) groups excluding carboxylic acids is 1. The van der Waals surface area contributed by atoms with Gasteiger partial charge >= 0.3 is 0 Å². The van der Waals surface area contributed by atoms with Crippen molar-refractivity contribution >= 4 is 23.2 Å². The van der Waals surface area contributed by atoms with E-state index in [-0.39, 0.29) is 17.7 Å². The minimum absolute atomic E-state index is 0.180. The highest BCUT2D eigenvalue weighted by molar-refractivity contribution is 6.30. The number of hydrogen-bond acceptors (Lipinski definition) is 3. The van der Waals surface area contributed by atoms with Gasteiger partial charge in [-0.1, -0.05) is 48.0 Å². The van der Waals surface area contributed by atoms with Gasteiger partial charge in [0.15, 0.2) is 0 Å². The second-order valence-corrected chi connectivity index (χ2v) is 7.67. The van der Waals surface area contributed by atoms with E-state index in [2.05, 4.69) is 9.89 Å². The van der Waals surface area contributed by atoms with Crippen LogP contribution in [0.1, 0.15) is 29.0 Å². The molecule has 0 aromatic heterocycles. The number of aliphatic imine (C=N–C) groups is 1. The maximum atomic E-state index is 12.8. The summed E-state index contributed by atoms with van der Waals surface area (Å²) in [6.45, 7) is 1.76. The molecule has 2 atom stereocenters. The Balaban J connectivity index is 1.65. The van der Waals surface area contributed by atoms with Crippen LogP contribution in [0, 0.1) is 5.92 Å². The number of hydrogen-bond donors (Lipinski definition) is 1. The molecule has 1 N–H and O–H groups in total. The third-order valence-electron chi connectivity index (χ3n) is 5.34. The molecule has 0 spiro atoms. The van der Waals surface area contributed by atoms with Crippen LogP contribution in [0.4, 0.5) is 0 Å². The van der Waals surface area contributed by atoms with E-state index in [0.29, 0.717) is 17.2 Å². The van der Waals surface area contributed by atoms with Gasteiger partial charge in [-0.25, -0.2) is 4.99 Å². The highest BCUT2D eigenvalue weighted by Gasteiger charge is 2.36. The molecule has 0 aliphatic carbocycles. The molecule has 2 unspecified atom stereocenters. The standard InChI is InChI=1S/C21H21ClN2O2/c1-24-11-14(12-24)19(25)10-18-16-4-2-3-5-17(16)20(23-21(18)26)13-6-8-15(22)9-7-13/h2-9,14,18-19,25H,10-12H2,1H3. The van der Waals surface area contributed by atoms with Crippen molar-refractivity contribution in [3.8, 4) is 0 Å². The summed E-state index contributed by atoms with van der Waals surface area (Å²) in [5, 5.41) is 11.2. The second kappa shape index (κ2) is 6.95. The van der Waals surface area contributed by atoms with Crippen molar-refractivity contribution in [1.82, 2.24) is 4.90 Å². The van der Waals surface area contributed by atoms with Gasteiger partial charge in [0.25, 0.3) is 5.91 Å². The summed E-state index contributed by atoms with van der Waals surface area (Å²) >= 11 is 5.98. The van der Waals surface area contributed by atoms with Gasteiger partial charge in [-0.05, 0) is 31.2 Å². The molecule has 2 aliphatic rings. The molecule has 4 rings (SSSR count). The first-order valence-corrected chi connectivity index (χ1v) is 9.25. The lowest BCUT2D eigenvalue weighted by Gasteiger charge is -2.40. The van der Waals surface area contributed by atoms with E-state index in [0.717, 1.165) is 29.8 Å². The van der Waals surface area contributed by atoms with E-state index in [1.165, 1.54) is 0 Å². The van der Waals surface area contributed by atoms with Crippen LogP contribution in [0.2, 0.25) is 5.02 Å². The van der Waals surface area contributed by atoms with Crippen molar-refractivity contribution in [2.45, 2.75) is 18.4 Å². The number of likely N-dealkylation sites (tertiary alicyclic amines) is 1. The number of carbonyl (C=O) groups is 1. The van der Waals surface area contributed by atoms with Crippen molar-refractivity contribution < 1.29 is 9.90 Å². The molecule has 134 valence electrons. The summed E-state index contributed by atoms with van der Waals surface area (Å²) in [6, 6.07) is 15.2. The third kappa shape index (κ3) is 3.20. The maximum absolute atomic E-state index is 12.8. The Morgan fingerprint density at radius 1 is 1.19 bits per heavy atom. The molecule has 5 heteroatoms. The molecule has 1 fully saturated rings. The molecule has 0 saturated carbocycles. The van der Waals surface area contributed by atoms with E-state index in [1.807, 2.05) is 43.4 Å². The molecule has 1 saturated heterocycles. The van der Waals surface area contributed by atoms with Gasteiger partial charge in [0, 0.05) is 35.2 Å². The van der Waals surface area contributed by atoms with Crippen LogP contribution in [0.15, 0.2) is 53.5 Å². The summed E-state index contributed by atoms with van der Waals surface area (Å²) in [6.07, 6.45) is -0.0633. The number of halogens is 1. The first-order valence-electron chi connectivity index (χ1n) is 8.87. The average molecular weight is 369 g/mol. The minimum atomic E-state index is -0.486. The highest BCUT2D eigenvalue weighted by atomic mass is 35.5. The van der Waals surface area contributed by atoms with Gasteiger partial charge in [-0.15, -0.1) is 0 Å². The zero-order chi connectivity index (χ0) is 18.3. The number of aliphatic hydroxyl groups is 1. The van der Waals surface area contributed by atoms with Crippen LogP contribution < -0.4 is 0 Å². The fourth-order valence-electron chi connectivity index (χ4n) is 3.88. The van der Waals surface area contributed by atoms with Crippen molar-refractivity contribution in [3.63, 3.8) is 0 Å². The van der Waals surface area contributed by atoms with E-state index >= 15 is 0 Å². The zero-order valence-electron chi connectivity index (χ0n) is 14.6. The largest absolute Gasteiger partial charge is 0.393 e. The molecule has 2 aromatic rings. The molecule has 4 nitrogen and oxygen atoms in total. The van der Waals surface area contributed by atoms with Gasteiger partial charge in [0.2, 0.25) is 0 Å². The Morgan fingerprint density at radius 2 is 1.88 bits per heavy atom. The van der Waals surface area contributed by atoms with E-state index < -0.39 is 6.10 Å². The fraction of sp³-hybridized carbons (Fsp3) is 0.333. The summed E-state index contributed by atoms with van der Waals surface area (Å²) in [5.41, 5.74) is 3.45. The van der Waals surface area contributed by atoms with Gasteiger partial charge in [-0.2, -0.15) is 0 Å². The van der Waals surface area contributed by atoms with Crippen molar-refractivity contribution in [3.05, 3.63) is 70.2 Å². The van der Waals surface area contributed by atoms with Crippen LogP contribution in [0.25, 0.3) is 0 Å². The molecule has 0 bridgehead atoms. The lowest BCUT2D eigenvalue weighted by Crippen LogP contribution is -2.50. The fourth-order valence-corrected chi connectivity index (χ4v) is 4.00. The molecule has 1 amide bonds. The summed E-state index contributed by atoms with van der Waals surface area (Å²) in [4.78, 5) is 19.4. The monoisotopic (exact) mass is 368 g/mol. The molecule has 2 aromatic carbocycles. The first kappa shape index (κ1) is 17.4. The predicted molar refractivity (Wildman–Crippen MR) is 103 cm³/mol. The van der Waals surface area contributed by atoms with Gasteiger partial charge in [0.1, 0.15) is 0 Å². The minimum Gasteiger partial charge on any atom is -0.393 e. The number of benzene rings is 2. The number of aliphatic hydroxyl groups excluding tert-OH is 1. The lowest BCUT2D eigenvalue weighted by molar-refractivity contribution is -0.120. The second-order valence-electron chi connectivity index (χ2n) is 7.23. The Hall–Kier alpha value is -2.01. The first-order chi connectivity index (χ1) is 12.5. The van der Waals surface area contributed by atoms with Crippen molar-refractivity contribution in [2.75, 3.05) is 20.1 Å². The number of fused-ring (bicyclic) bond motifs is 1. The molecule has 2 aliphatic heterocycles. The lowest BCUT2D eigenvalue weighted by atomic mass is 9.80. The quantitative estimate of drug-likeness (QED) is 0.902. The SMILES string of the molecule is CN1CC(C(O)CC2C(=O)N=C(c3ccc(Cl)cc3)c3ccccc32)C1. The maximum Gasteiger partial charge on any atom is 0.253 e. The van der Waals surface area contributed by atoms with E-state index in [9.17, 15) is 9.90 Å². The summed E-state index contributed by atoms with van der Waals surface area (Å²) in [5.74, 6) is -0.329.